The van der Waals surface area contributed by atoms with Gasteiger partial charge < -0.3 is 4.90 Å². The van der Waals surface area contributed by atoms with E-state index in [-0.39, 0.29) is 5.92 Å². The van der Waals surface area contributed by atoms with Gasteiger partial charge >= 0.3 is 0 Å². The van der Waals surface area contributed by atoms with E-state index in [4.69, 9.17) is 0 Å². The first-order valence-corrected chi connectivity index (χ1v) is 14.6. The maximum Gasteiger partial charge on any atom is 0.250 e. The lowest BCUT2D eigenvalue weighted by molar-refractivity contribution is -0.138. The van der Waals surface area contributed by atoms with Crippen molar-refractivity contribution < 1.29 is 13.2 Å². The third kappa shape index (κ3) is 6.22. The van der Waals surface area contributed by atoms with Crippen LogP contribution in [0, 0.1) is 17.8 Å². The summed E-state index contributed by atoms with van der Waals surface area (Å²) in [6.45, 7) is 2.18. The van der Waals surface area contributed by atoms with Gasteiger partial charge in [-0.3, -0.25) is 4.79 Å². The van der Waals surface area contributed by atoms with Crippen molar-refractivity contribution in [2.24, 2.45) is 17.8 Å². The number of hydrogen-bond donors (Lipinski definition) is 1. The van der Waals surface area contributed by atoms with Gasteiger partial charge in [-0.1, -0.05) is 30.3 Å². The zero-order valence-corrected chi connectivity index (χ0v) is 21.4. The SMILES string of the molecule is O=C(C1CCC(CNS(=O)(=O)c2ccc(Br)s2)CC1)N1CCC(Cc2ccccc2)CC1. The monoisotopic (exact) mass is 538 g/mol. The molecular formula is C24H31BrN2O3S2. The van der Waals surface area contributed by atoms with Crippen molar-refractivity contribution >= 4 is 43.2 Å². The van der Waals surface area contributed by atoms with Crippen molar-refractivity contribution in [1.82, 2.24) is 9.62 Å². The van der Waals surface area contributed by atoms with Gasteiger partial charge in [0.15, 0.2) is 0 Å². The predicted octanol–water partition coefficient (Wildman–Crippen LogP) is 5.08. The number of carbonyl (C=O) groups is 1. The Labute approximate surface area is 203 Å². The van der Waals surface area contributed by atoms with Crippen LogP contribution in [0.2, 0.25) is 0 Å². The average Bonchev–Trinajstić information content (AvgIpc) is 3.26. The van der Waals surface area contributed by atoms with Crippen molar-refractivity contribution in [2.45, 2.75) is 49.2 Å². The van der Waals surface area contributed by atoms with Gasteiger partial charge in [0.25, 0.3) is 0 Å². The normalized spacial score (nSPS) is 22.7. The number of benzene rings is 1. The molecule has 5 nitrogen and oxygen atoms in total. The molecule has 1 aliphatic heterocycles. The molecule has 2 heterocycles. The first-order valence-electron chi connectivity index (χ1n) is 11.5. The lowest BCUT2D eigenvalue weighted by atomic mass is 9.81. The molecule has 1 amide bonds. The second-order valence-electron chi connectivity index (χ2n) is 9.09. The summed E-state index contributed by atoms with van der Waals surface area (Å²) in [7, 11) is -3.45. The molecule has 0 atom stereocenters. The summed E-state index contributed by atoms with van der Waals surface area (Å²) < 4.78 is 28.8. The fourth-order valence-corrected chi connectivity index (χ4v) is 8.09. The Morgan fingerprint density at radius 2 is 1.66 bits per heavy atom. The zero-order chi connectivity index (χ0) is 22.6. The van der Waals surface area contributed by atoms with E-state index >= 15 is 0 Å². The molecule has 2 aromatic rings. The second kappa shape index (κ2) is 10.8. The van der Waals surface area contributed by atoms with E-state index in [1.54, 1.807) is 12.1 Å². The van der Waals surface area contributed by atoms with Crippen molar-refractivity contribution in [1.29, 1.82) is 0 Å². The predicted molar refractivity (Wildman–Crippen MR) is 132 cm³/mol. The van der Waals surface area contributed by atoms with Crippen LogP contribution in [-0.2, 0) is 21.2 Å². The van der Waals surface area contributed by atoms with E-state index < -0.39 is 10.0 Å². The number of hydrogen-bond acceptors (Lipinski definition) is 4. The average molecular weight is 540 g/mol. The molecule has 32 heavy (non-hydrogen) atoms. The molecule has 1 saturated carbocycles. The van der Waals surface area contributed by atoms with Crippen LogP contribution < -0.4 is 4.72 Å². The Morgan fingerprint density at radius 1 is 0.969 bits per heavy atom. The van der Waals surface area contributed by atoms with Crippen LogP contribution in [0.4, 0.5) is 0 Å². The third-order valence-corrected chi connectivity index (χ3v) is 10.4. The Morgan fingerprint density at radius 3 is 2.28 bits per heavy atom. The molecule has 0 unspecified atom stereocenters. The molecule has 0 bridgehead atoms. The molecule has 174 valence electrons. The zero-order valence-electron chi connectivity index (χ0n) is 18.2. The number of nitrogens with zero attached hydrogens (tertiary/aromatic N) is 1. The maximum atomic E-state index is 13.0. The number of carbonyl (C=O) groups excluding carboxylic acids is 1. The number of sulfonamides is 1. The minimum absolute atomic E-state index is 0.0989. The molecule has 1 saturated heterocycles. The Bertz CT molecular complexity index is 993. The van der Waals surface area contributed by atoms with Gasteiger partial charge in [-0.05, 0) is 90.4 Å². The molecule has 0 radical (unpaired) electrons. The first kappa shape index (κ1) is 23.9. The number of nitrogens with one attached hydrogen (secondary N) is 1. The van der Waals surface area contributed by atoms with Crippen LogP contribution in [0.3, 0.4) is 0 Å². The number of piperidine rings is 1. The highest BCUT2D eigenvalue weighted by Gasteiger charge is 2.32. The van der Waals surface area contributed by atoms with Gasteiger partial charge in [-0.2, -0.15) is 0 Å². The summed E-state index contributed by atoms with van der Waals surface area (Å²) in [6.07, 6.45) is 6.79. The maximum absolute atomic E-state index is 13.0. The van der Waals surface area contributed by atoms with Crippen LogP contribution >= 0.6 is 27.3 Å². The number of halogens is 1. The van der Waals surface area contributed by atoms with Gasteiger partial charge in [0.2, 0.25) is 15.9 Å². The number of likely N-dealkylation sites (tertiary alicyclic amines) is 1. The highest BCUT2D eigenvalue weighted by Crippen LogP contribution is 2.32. The summed E-state index contributed by atoms with van der Waals surface area (Å²) in [6, 6.07) is 14.0. The van der Waals surface area contributed by atoms with Gasteiger partial charge in [0, 0.05) is 25.6 Å². The summed E-state index contributed by atoms with van der Waals surface area (Å²) in [5.74, 6) is 1.37. The summed E-state index contributed by atoms with van der Waals surface area (Å²) in [5, 5.41) is 0. The second-order valence-corrected chi connectivity index (χ2v) is 13.5. The van der Waals surface area contributed by atoms with Gasteiger partial charge in [-0.25, -0.2) is 13.1 Å². The van der Waals surface area contributed by atoms with Crippen LogP contribution in [0.5, 0.6) is 0 Å². The largest absolute Gasteiger partial charge is 0.342 e. The molecule has 2 aliphatic rings. The molecule has 1 aromatic heterocycles. The van der Waals surface area contributed by atoms with E-state index in [0.29, 0.717) is 28.5 Å². The Hall–Kier alpha value is -1.22. The van der Waals surface area contributed by atoms with Crippen LogP contribution in [0.15, 0.2) is 50.5 Å². The highest BCUT2D eigenvalue weighted by molar-refractivity contribution is 9.11. The van der Waals surface area contributed by atoms with E-state index in [1.165, 1.54) is 16.9 Å². The van der Waals surface area contributed by atoms with E-state index in [1.807, 2.05) is 0 Å². The smallest absolute Gasteiger partial charge is 0.250 e. The fourth-order valence-electron chi connectivity index (χ4n) is 4.92. The third-order valence-electron chi connectivity index (χ3n) is 6.86. The molecule has 1 aliphatic carbocycles. The van der Waals surface area contributed by atoms with E-state index in [0.717, 1.165) is 61.8 Å². The molecule has 4 rings (SSSR count). The van der Waals surface area contributed by atoms with Crippen molar-refractivity contribution in [3.05, 3.63) is 51.8 Å². The lowest BCUT2D eigenvalue weighted by Gasteiger charge is -2.36. The summed E-state index contributed by atoms with van der Waals surface area (Å²) in [5.41, 5.74) is 1.39. The topological polar surface area (TPSA) is 66.5 Å². The number of thiophene rings is 1. The fraction of sp³-hybridized carbons (Fsp3) is 0.542. The van der Waals surface area contributed by atoms with Gasteiger partial charge in [0.05, 0.1) is 3.79 Å². The minimum Gasteiger partial charge on any atom is -0.342 e. The van der Waals surface area contributed by atoms with Gasteiger partial charge in [-0.15, -0.1) is 11.3 Å². The highest BCUT2D eigenvalue weighted by atomic mass is 79.9. The molecule has 2 fully saturated rings. The Kier molecular flexibility index (Phi) is 8.08. The first-order chi connectivity index (χ1) is 15.4. The van der Waals surface area contributed by atoms with Gasteiger partial charge in [0.1, 0.15) is 4.21 Å². The molecule has 8 heteroatoms. The molecule has 1 aromatic carbocycles. The van der Waals surface area contributed by atoms with Crippen LogP contribution in [0.1, 0.15) is 44.1 Å². The molecule has 0 spiro atoms. The summed E-state index contributed by atoms with van der Waals surface area (Å²) >= 11 is 4.53. The van der Waals surface area contributed by atoms with Crippen LogP contribution in [0.25, 0.3) is 0 Å². The van der Waals surface area contributed by atoms with Crippen molar-refractivity contribution in [2.75, 3.05) is 19.6 Å². The van der Waals surface area contributed by atoms with E-state index in [2.05, 4.69) is 55.9 Å². The molecular weight excluding hydrogens is 508 g/mol. The standard InChI is InChI=1S/C24H31BrN2O3S2/c25-22-10-11-23(31-22)32(29,30)26-17-20-6-8-21(9-7-20)24(28)27-14-12-19(13-15-27)16-18-4-2-1-3-5-18/h1-5,10-11,19-21,26H,6-9,12-17H2. The lowest BCUT2D eigenvalue weighted by Crippen LogP contribution is -2.43. The summed E-state index contributed by atoms with van der Waals surface area (Å²) in [4.78, 5) is 15.1. The number of rotatable bonds is 7. The van der Waals surface area contributed by atoms with Crippen molar-refractivity contribution in [3.63, 3.8) is 0 Å². The molecule has 1 N–H and O–H groups in total. The minimum atomic E-state index is -3.45. The van der Waals surface area contributed by atoms with E-state index in [9.17, 15) is 13.2 Å². The Balaban J connectivity index is 1.19. The quantitative estimate of drug-likeness (QED) is 0.534. The number of amides is 1. The van der Waals surface area contributed by atoms with Crippen LogP contribution in [-0.4, -0.2) is 38.9 Å². The van der Waals surface area contributed by atoms with Crippen molar-refractivity contribution in [3.8, 4) is 0 Å².